The summed E-state index contributed by atoms with van der Waals surface area (Å²) in [4.78, 5) is 28.3. The monoisotopic (exact) mass is 449 g/mol. The molecule has 1 aliphatic rings. The highest BCUT2D eigenvalue weighted by Crippen LogP contribution is 2.24. The van der Waals surface area contributed by atoms with E-state index in [1.54, 1.807) is 12.1 Å². The predicted molar refractivity (Wildman–Crippen MR) is 109 cm³/mol. The summed E-state index contributed by atoms with van der Waals surface area (Å²) < 4.78 is 45.5. The van der Waals surface area contributed by atoms with Crippen LogP contribution in [0, 0.1) is 0 Å². The van der Waals surface area contributed by atoms with Crippen molar-refractivity contribution < 1.29 is 32.2 Å². The summed E-state index contributed by atoms with van der Waals surface area (Å²) in [7, 11) is 1.53. The number of ether oxygens (including phenoxy) is 2. The number of carbonyl (C=O) groups is 2. The highest BCUT2D eigenvalue weighted by atomic mass is 19.4. The van der Waals surface area contributed by atoms with E-state index in [2.05, 4.69) is 30.9 Å². The quantitative estimate of drug-likeness (QED) is 0.444. The van der Waals surface area contributed by atoms with Crippen LogP contribution in [0.2, 0.25) is 0 Å². The van der Waals surface area contributed by atoms with E-state index < -0.39 is 30.0 Å². The number of amides is 2. The van der Waals surface area contributed by atoms with Gasteiger partial charge in [0.25, 0.3) is 5.91 Å². The molecule has 0 fully saturated rings. The summed E-state index contributed by atoms with van der Waals surface area (Å²) in [5.41, 5.74) is 3.53. The van der Waals surface area contributed by atoms with E-state index in [0.717, 1.165) is 12.1 Å². The maximum absolute atomic E-state index is 12.2. The third kappa shape index (κ3) is 6.45. The van der Waals surface area contributed by atoms with Gasteiger partial charge in [-0.05, 0) is 36.4 Å². The molecule has 0 bridgehead atoms. The Bertz CT molecular complexity index is 1040. The molecule has 2 aromatic carbocycles. The van der Waals surface area contributed by atoms with Crippen molar-refractivity contribution in [1.82, 2.24) is 10.7 Å². The number of anilines is 1. The van der Waals surface area contributed by atoms with Crippen molar-refractivity contribution in [3.05, 3.63) is 54.1 Å². The number of nitrogens with one attached hydrogen (secondary N) is 3. The van der Waals surface area contributed by atoms with Crippen LogP contribution in [-0.2, 0) is 9.59 Å². The standard InChI is InChI=1S/C20H18F3N5O4/c1-31-16-5-3-2-4-12(16)11-24-28-19-26-15(18(30)27-19)10-17(29)25-13-6-8-14(9-7-13)32-20(21,22)23/h2-9,11,15H,10H2,1H3,(H,25,29)(H2,26,27,28,30)/b24-11+. The number of carbonyl (C=O) groups excluding carboxylic acids is 2. The van der Waals surface area contributed by atoms with Gasteiger partial charge in [-0.3, -0.25) is 14.9 Å². The van der Waals surface area contributed by atoms with E-state index in [4.69, 9.17) is 4.74 Å². The molecule has 1 unspecified atom stereocenters. The Labute approximate surface area is 180 Å². The number of methoxy groups -OCH3 is 1. The summed E-state index contributed by atoms with van der Waals surface area (Å²) in [5, 5.41) is 8.94. The molecule has 168 valence electrons. The maximum atomic E-state index is 12.2. The molecule has 0 aliphatic carbocycles. The highest BCUT2D eigenvalue weighted by molar-refractivity contribution is 6.07. The second kappa shape index (κ2) is 9.81. The van der Waals surface area contributed by atoms with Gasteiger partial charge in [-0.15, -0.1) is 13.2 Å². The van der Waals surface area contributed by atoms with E-state index in [9.17, 15) is 22.8 Å². The molecular weight excluding hydrogens is 431 g/mol. The average Bonchev–Trinajstić information content (AvgIpc) is 3.07. The van der Waals surface area contributed by atoms with Crippen molar-refractivity contribution in [2.24, 2.45) is 10.1 Å². The molecule has 0 radical (unpaired) electrons. The van der Waals surface area contributed by atoms with Gasteiger partial charge >= 0.3 is 6.36 Å². The minimum Gasteiger partial charge on any atom is -0.496 e. The van der Waals surface area contributed by atoms with E-state index in [-0.39, 0.29) is 18.1 Å². The summed E-state index contributed by atoms with van der Waals surface area (Å²) in [6.07, 6.45) is -3.59. The average molecular weight is 449 g/mol. The lowest BCUT2D eigenvalue weighted by Gasteiger charge is -2.10. The number of rotatable bonds is 7. The van der Waals surface area contributed by atoms with Crippen LogP contribution in [0.1, 0.15) is 12.0 Å². The number of hydrogen-bond donors (Lipinski definition) is 3. The first-order chi connectivity index (χ1) is 15.2. The number of guanidine groups is 1. The van der Waals surface area contributed by atoms with Crippen LogP contribution in [0.15, 0.2) is 58.6 Å². The fraction of sp³-hybridized carbons (Fsp3) is 0.200. The van der Waals surface area contributed by atoms with Gasteiger partial charge in [-0.1, -0.05) is 12.1 Å². The lowest BCUT2D eigenvalue weighted by Crippen LogP contribution is -2.35. The molecule has 1 aliphatic heterocycles. The van der Waals surface area contributed by atoms with Crippen molar-refractivity contribution in [3.63, 3.8) is 0 Å². The number of halogens is 3. The Kier molecular flexibility index (Phi) is 6.93. The third-order valence-corrected chi connectivity index (χ3v) is 4.09. The highest BCUT2D eigenvalue weighted by Gasteiger charge is 2.31. The molecule has 12 heteroatoms. The van der Waals surface area contributed by atoms with Crippen LogP contribution >= 0.6 is 0 Å². The third-order valence-electron chi connectivity index (χ3n) is 4.09. The van der Waals surface area contributed by atoms with Gasteiger partial charge in [-0.2, -0.15) is 5.10 Å². The number of nitrogens with zero attached hydrogens (tertiary/aromatic N) is 2. The van der Waals surface area contributed by atoms with Gasteiger partial charge in [0, 0.05) is 11.3 Å². The summed E-state index contributed by atoms with van der Waals surface area (Å²) in [6.45, 7) is 0. The summed E-state index contributed by atoms with van der Waals surface area (Å²) in [5.74, 6) is -0.767. The molecule has 3 rings (SSSR count). The van der Waals surface area contributed by atoms with Gasteiger partial charge in [0.2, 0.25) is 11.9 Å². The Morgan fingerprint density at radius 2 is 1.94 bits per heavy atom. The number of alkyl halides is 3. The zero-order chi connectivity index (χ0) is 23.1. The number of aliphatic imine (C=N–C) groups is 1. The maximum Gasteiger partial charge on any atom is 0.573 e. The Morgan fingerprint density at radius 3 is 2.62 bits per heavy atom. The summed E-state index contributed by atoms with van der Waals surface area (Å²) in [6, 6.07) is 10.8. The predicted octanol–water partition coefficient (Wildman–Crippen LogP) is 2.40. The SMILES string of the molecule is COc1ccccc1/C=N/NC1=NC(CC(=O)Nc2ccc(OC(F)(F)F)cc2)C(=O)N1. The van der Waals surface area contributed by atoms with Gasteiger partial charge in [-0.25, -0.2) is 10.4 Å². The van der Waals surface area contributed by atoms with Gasteiger partial charge in [0.15, 0.2) is 0 Å². The van der Waals surface area contributed by atoms with Crippen LogP contribution in [0.4, 0.5) is 18.9 Å². The van der Waals surface area contributed by atoms with Crippen LogP contribution in [0.25, 0.3) is 0 Å². The molecular formula is C20H18F3N5O4. The Morgan fingerprint density at radius 1 is 1.22 bits per heavy atom. The van der Waals surface area contributed by atoms with Crippen molar-refractivity contribution >= 4 is 29.7 Å². The minimum atomic E-state index is -4.80. The first kappa shape index (κ1) is 22.6. The van der Waals surface area contributed by atoms with Crippen molar-refractivity contribution in [2.75, 3.05) is 12.4 Å². The fourth-order valence-electron chi connectivity index (χ4n) is 2.71. The minimum absolute atomic E-state index is 0.0765. The van der Waals surface area contributed by atoms with Crippen LogP contribution in [0.5, 0.6) is 11.5 Å². The number of para-hydroxylation sites is 1. The molecule has 0 aromatic heterocycles. The van der Waals surface area contributed by atoms with E-state index in [1.807, 2.05) is 12.1 Å². The second-order valence-electron chi connectivity index (χ2n) is 6.42. The normalized spacial score (nSPS) is 15.8. The van der Waals surface area contributed by atoms with Crippen molar-refractivity contribution in [3.8, 4) is 11.5 Å². The lowest BCUT2D eigenvalue weighted by atomic mass is 10.2. The topological polar surface area (TPSA) is 113 Å². The van der Waals surface area contributed by atoms with Crippen molar-refractivity contribution in [1.29, 1.82) is 0 Å². The first-order valence-corrected chi connectivity index (χ1v) is 9.20. The van der Waals surface area contributed by atoms with Gasteiger partial charge in [0.1, 0.15) is 17.5 Å². The number of hydrogen-bond acceptors (Lipinski definition) is 7. The second-order valence-corrected chi connectivity index (χ2v) is 6.42. The molecule has 1 atom stereocenters. The fourth-order valence-corrected chi connectivity index (χ4v) is 2.71. The van der Waals surface area contributed by atoms with Crippen LogP contribution in [-0.4, -0.2) is 43.5 Å². The molecule has 2 amide bonds. The van der Waals surface area contributed by atoms with E-state index in [1.165, 1.54) is 25.5 Å². The van der Waals surface area contributed by atoms with Gasteiger partial charge < -0.3 is 14.8 Å². The molecule has 32 heavy (non-hydrogen) atoms. The smallest absolute Gasteiger partial charge is 0.496 e. The van der Waals surface area contributed by atoms with E-state index in [0.29, 0.717) is 11.3 Å². The Hall–Kier alpha value is -4.09. The molecule has 1 heterocycles. The zero-order valence-corrected chi connectivity index (χ0v) is 16.6. The molecule has 0 saturated carbocycles. The van der Waals surface area contributed by atoms with Gasteiger partial charge in [0.05, 0.1) is 19.7 Å². The number of hydrazone groups is 1. The lowest BCUT2D eigenvalue weighted by molar-refractivity contribution is -0.274. The van der Waals surface area contributed by atoms with Crippen molar-refractivity contribution in [2.45, 2.75) is 18.8 Å². The molecule has 0 spiro atoms. The molecule has 9 nitrogen and oxygen atoms in total. The molecule has 0 saturated heterocycles. The first-order valence-electron chi connectivity index (χ1n) is 9.20. The Balaban J connectivity index is 1.53. The largest absolute Gasteiger partial charge is 0.573 e. The molecule has 2 aromatic rings. The summed E-state index contributed by atoms with van der Waals surface area (Å²) >= 11 is 0. The zero-order valence-electron chi connectivity index (χ0n) is 16.6. The van der Waals surface area contributed by atoms with Crippen LogP contribution in [0.3, 0.4) is 0 Å². The number of benzene rings is 2. The van der Waals surface area contributed by atoms with E-state index >= 15 is 0 Å². The molecule has 3 N–H and O–H groups in total. The van der Waals surface area contributed by atoms with Crippen LogP contribution < -0.4 is 25.5 Å².